The molecular formula is C17H22IN3O. The maximum Gasteiger partial charge on any atom is 0.190 e. The first kappa shape index (κ1) is 18.3. The quantitative estimate of drug-likeness (QED) is 0.452. The molecule has 2 aromatic rings. The van der Waals surface area contributed by atoms with Gasteiger partial charge < -0.3 is 15.4 Å². The molecule has 0 aliphatic carbocycles. The lowest BCUT2D eigenvalue weighted by molar-refractivity contribution is 0.306. The second-order valence-electron chi connectivity index (χ2n) is 4.60. The zero-order valence-electron chi connectivity index (χ0n) is 12.9. The maximum atomic E-state index is 5.76. The van der Waals surface area contributed by atoms with Crippen molar-refractivity contribution in [3.05, 3.63) is 65.7 Å². The van der Waals surface area contributed by atoms with Gasteiger partial charge in [0, 0.05) is 20.6 Å². The van der Waals surface area contributed by atoms with Crippen molar-refractivity contribution in [3.63, 3.8) is 0 Å². The molecule has 2 aromatic carbocycles. The fourth-order valence-corrected chi connectivity index (χ4v) is 1.98. The summed E-state index contributed by atoms with van der Waals surface area (Å²) in [7, 11) is 3.60. The molecule has 0 amide bonds. The lowest BCUT2D eigenvalue weighted by atomic mass is 10.1. The number of halogens is 1. The molecule has 0 fully saturated rings. The Kier molecular flexibility index (Phi) is 8.35. The Morgan fingerprint density at radius 2 is 1.77 bits per heavy atom. The molecule has 2 rings (SSSR count). The summed E-state index contributed by atoms with van der Waals surface area (Å²) in [4.78, 5) is 4.09. The summed E-state index contributed by atoms with van der Waals surface area (Å²) >= 11 is 0. The largest absolute Gasteiger partial charge is 0.489 e. The van der Waals surface area contributed by atoms with Gasteiger partial charge in [-0.2, -0.15) is 0 Å². The molecule has 0 spiro atoms. The zero-order chi connectivity index (χ0) is 14.9. The first-order valence-corrected chi connectivity index (χ1v) is 6.96. The van der Waals surface area contributed by atoms with E-state index in [1.54, 1.807) is 7.05 Å². The molecule has 0 aromatic heterocycles. The Balaban J connectivity index is 0.00000242. The first-order chi connectivity index (χ1) is 10.3. The molecule has 2 N–H and O–H groups in total. The Hall–Kier alpha value is -1.76. The van der Waals surface area contributed by atoms with Crippen LogP contribution in [-0.4, -0.2) is 20.1 Å². The molecule has 0 aliphatic heterocycles. The van der Waals surface area contributed by atoms with Gasteiger partial charge in [-0.15, -0.1) is 24.0 Å². The molecule has 118 valence electrons. The van der Waals surface area contributed by atoms with Gasteiger partial charge in [0.15, 0.2) is 5.96 Å². The van der Waals surface area contributed by atoms with Crippen LogP contribution in [0.25, 0.3) is 0 Å². The van der Waals surface area contributed by atoms with Gasteiger partial charge in [0.05, 0.1) is 0 Å². The number of guanidine groups is 1. The van der Waals surface area contributed by atoms with E-state index in [0.29, 0.717) is 6.61 Å². The molecule has 0 heterocycles. The van der Waals surface area contributed by atoms with Crippen LogP contribution in [0.4, 0.5) is 0 Å². The first-order valence-electron chi connectivity index (χ1n) is 6.96. The normalized spacial score (nSPS) is 10.5. The summed E-state index contributed by atoms with van der Waals surface area (Å²) in [6.07, 6.45) is 0. The predicted molar refractivity (Wildman–Crippen MR) is 102 cm³/mol. The van der Waals surface area contributed by atoms with Gasteiger partial charge in [-0.05, 0) is 23.3 Å². The van der Waals surface area contributed by atoms with Crippen LogP contribution in [0.2, 0.25) is 0 Å². The minimum Gasteiger partial charge on any atom is -0.489 e. The molecule has 22 heavy (non-hydrogen) atoms. The van der Waals surface area contributed by atoms with Crippen molar-refractivity contribution in [2.75, 3.05) is 14.1 Å². The van der Waals surface area contributed by atoms with Crippen LogP contribution in [0.3, 0.4) is 0 Å². The van der Waals surface area contributed by atoms with Gasteiger partial charge in [0.25, 0.3) is 0 Å². The minimum absolute atomic E-state index is 0. The average Bonchev–Trinajstić information content (AvgIpc) is 2.55. The van der Waals surface area contributed by atoms with Crippen molar-refractivity contribution >= 4 is 29.9 Å². The van der Waals surface area contributed by atoms with E-state index in [1.165, 1.54) is 5.56 Å². The second kappa shape index (κ2) is 10.0. The highest BCUT2D eigenvalue weighted by Crippen LogP contribution is 2.12. The topological polar surface area (TPSA) is 45.7 Å². The SMILES string of the molecule is CN=C(NC)NCc1cccc(COc2ccccc2)c1.I. The number of nitrogens with zero attached hydrogens (tertiary/aromatic N) is 1. The number of para-hydroxylation sites is 1. The van der Waals surface area contributed by atoms with Gasteiger partial charge in [0.1, 0.15) is 12.4 Å². The van der Waals surface area contributed by atoms with Crippen LogP contribution >= 0.6 is 24.0 Å². The fraction of sp³-hybridized carbons (Fsp3) is 0.235. The van der Waals surface area contributed by atoms with Crippen molar-refractivity contribution in [3.8, 4) is 5.75 Å². The fourth-order valence-electron chi connectivity index (χ4n) is 1.98. The number of hydrogen-bond donors (Lipinski definition) is 2. The van der Waals surface area contributed by atoms with Gasteiger partial charge in [-0.3, -0.25) is 4.99 Å². The summed E-state index contributed by atoms with van der Waals surface area (Å²) in [6.45, 7) is 1.30. The molecule has 0 radical (unpaired) electrons. The minimum atomic E-state index is 0. The molecule has 0 unspecified atom stereocenters. The Morgan fingerprint density at radius 1 is 1.05 bits per heavy atom. The Labute approximate surface area is 149 Å². The number of rotatable bonds is 5. The van der Waals surface area contributed by atoms with Crippen LogP contribution in [0.5, 0.6) is 5.75 Å². The third-order valence-corrected chi connectivity index (χ3v) is 3.06. The lowest BCUT2D eigenvalue weighted by Crippen LogP contribution is -2.34. The maximum absolute atomic E-state index is 5.76. The van der Waals surface area contributed by atoms with Gasteiger partial charge >= 0.3 is 0 Å². The number of ether oxygens (including phenoxy) is 1. The molecule has 0 bridgehead atoms. The van der Waals surface area contributed by atoms with Gasteiger partial charge in [0.2, 0.25) is 0 Å². The van der Waals surface area contributed by atoms with E-state index in [1.807, 2.05) is 43.4 Å². The summed E-state index contributed by atoms with van der Waals surface area (Å²) in [5, 5.41) is 6.23. The summed E-state index contributed by atoms with van der Waals surface area (Å²) in [5.41, 5.74) is 2.35. The molecule has 4 nitrogen and oxygen atoms in total. The molecule has 0 saturated carbocycles. The number of hydrogen-bond acceptors (Lipinski definition) is 2. The van der Waals surface area contributed by atoms with Crippen LogP contribution in [-0.2, 0) is 13.2 Å². The molecule has 0 aliphatic rings. The van der Waals surface area contributed by atoms with E-state index < -0.39 is 0 Å². The lowest BCUT2D eigenvalue weighted by Gasteiger charge is -2.10. The van der Waals surface area contributed by atoms with Crippen LogP contribution in [0, 0.1) is 0 Å². The van der Waals surface area contributed by atoms with E-state index in [-0.39, 0.29) is 24.0 Å². The van der Waals surface area contributed by atoms with Gasteiger partial charge in [-0.25, -0.2) is 0 Å². The van der Waals surface area contributed by atoms with E-state index in [2.05, 4.69) is 33.8 Å². The number of aliphatic imine (C=N–C) groups is 1. The molecular weight excluding hydrogens is 389 g/mol. The summed E-state index contributed by atoms with van der Waals surface area (Å²) < 4.78 is 5.76. The van der Waals surface area contributed by atoms with Crippen molar-refractivity contribution in [1.82, 2.24) is 10.6 Å². The van der Waals surface area contributed by atoms with Crippen LogP contribution < -0.4 is 15.4 Å². The monoisotopic (exact) mass is 411 g/mol. The summed E-state index contributed by atoms with van der Waals surface area (Å²) in [5.74, 6) is 1.66. The van der Waals surface area contributed by atoms with E-state index in [4.69, 9.17) is 4.74 Å². The number of nitrogens with one attached hydrogen (secondary N) is 2. The van der Waals surface area contributed by atoms with Crippen molar-refractivity contribution in [2.45, 2.75) is 13.2 Å². The van der Waals surface area contributed by atoms with E-state index in [9.17, 15) is 0 Å². The zero-order valence-corrected chi connectivity index (χ0v) is 15.2. The third-order valence-electron chi connectivity index (χ3n) is 3.06. The standard InChI is InChI=1S/C17H21N3O.HI/c1-18-17(19-2)20-12-14-7-6-8-15(11-14)13-21-16-9-4-3-5-10-16;/h3-11H,12-13H2,1-2H3,(H2,18,19,20);1H. The Morgan fingerprint density at radius 3 is 2.45 bits per heavy atom. The number of benzene rings is 2. The molecule has 0 saturated heterocycles. The van der Waals surface area contributed by atoms with Crippen molar-refractivity contribution < 1.29 is 4.74 Å². The van der Waals surface area contributed by atoms with Gasteiger partial charge in [-0.1, -0.05) is 42.5 Å². The predicted octanol–water partition coefficient (Wildman–Crippen LogP) is 3.18. The van der Waals surface area contributed by atoms with E-state index in [0.717, 1.165) is 23.8 Å². The summed E-state index contributed by atoms with van der Waals surface area (Å²) in [6, 6.07) is 18.2. The smallest absolute Gasteiger partial charge is 0.190 e. The van der Waals surface area contributed by atoms with Crippen LogP contribution in [0.15, 0.2) is 59.6 Å². The molecule has 5 heteroatoms. The Bertz CT molecular complexity index is 587. The van der Waals surface area contributed by atoms with Crippen LogP contribution in [0.1, 0.15) is 11.1 Å². The highest BCUT2D eigenvalue weighted by atomic mass is 127. The second-order valence-corrected chi connectivity index (χ2v) is 4.60. The van der Waals surface area contributed by atoms with Crippen molar-refractivity contribution in [2.24, 2.45) is 4.99 Å². The van der Waals surface area contributed by atoms with E-state index >= 15 is 0 Å². The highest BCUT2D eigenvalue weighted by Gasteiger charge is 1.99. The average molecular weight is 411 g/mol. The molecule has 0 atom stereocenters. The highest BCUT2D eigenvalue weighted by molar-refractivity contribution is 14.0. The van der Waals surface area contributed by atoms with Crippen molar-refractivity contribution in [1.29, 1.82) is 0 Å². The third kappa shape index (κ3) is 5.93.